The van der Waals surface area contributed by atoms with Gasteiger partial charge in [0, 0.05) is 53.7 Å². The van der Waals surface area contributed by atoms with Crippen LogP contribution in [0.15, 0.2) is 73.1 Å². The van der Waals surface area contributed by atoms with Gasteiger partial charge in [-0.25, -0.2) is 28.1 Å². The van der Waals surface area contributed by atoms with Crippen molar-refractivity contribution in [1.29, 1.82) is 0 Å². The van der Waals surface area contributed by atoms with Crippen LogP contribution in [0.25, 0.3) is 16.9 Å². The number of imide groups is 1. The molecule has 3 aliphatic heterocycles. The Labute approximate surface area is 441 Å². The van der Waals surface area contributed by atoms with Crippen LogP contribution in [0.2, 0.25) is 10.0 Å². The number of hydrogen-bond donors (Lipinski definition) is 5. The number of halogens is 7. The molecule has 5 amide bonds. The lowest BCUT2D eigenvalue weighted by atomic mass is 9.89. The van der Waals surface area contributed by atoms with E-state index in [9.17, 15) is 56.1 Å². The molecule has 2 saturated heterocycles. The monoisotopic (exact) mass is 1110 g/mol. The Balaban J connectivity index is 0.807. The summed E-state index contributed by atoms with van der Waals surface area (Å²) < 4.78 is 92.8. The van der Waals surface area contributed by atoms with Crippen molar-refractivity contribution in [2.24, 2.45) is 0 Å². The minimum absolute atomic E-state index is 0.0304. The van der Waals surface area contributed by atoms with Gasteiger partial charge in [0.15, 0.2) is 5.82 Å². The Morgan fingerprint density at radius 2 is 1.78 bits per heavy atom. The summed E-state index contributed by atoms with van der Waals surface area (Å²) in [7, 11) is 0. The molecule has 5 N–H and O–H groups in total. The van der Waals surface area contributed by atoms with Crippen LogP contribution in [0.1, 0.15) is 81.5 Å². The van der Waals surface area contributed by atoms with Gasteiger partial charge in [-0.1, -0.05) is 34.5 Å². The topological polar surface area (TPSA) is 267 Å². The molecule has 1 saturated carbocycles. The van der Waals surface area contributed by atoms with Crippen molar-refractivity contribution >= 4 is 58.4 Å². The number of aryl methyl sites for hydroxylation is 1. The summed E-state index contributed by atoms with van der Waals surface area (Å²) in [5, 5.41) is 41.4. The lowest BCUT2D eigenvalue weighted by Gasteiger charge is -2.43. The number of aliphatic hydroxyl groups excluding tert-OH is 2. The Hall–Kier alpha value is -7.49. The summed E-state index contributed by atoms with van der Waals surface area (Å²) in [4.78, 5) is 74.1. The predicted octanol–water partition coefficient (Wildman–Crippen LogP) is 4.99. The molecule has 6 heterocycles. The maximum Gasteiger partial charge on any atom is 0.418 e. The molecule has 21 nitrogen and oxygen atoms in total. The molecule has 6 aromatic rings. The normalized spacial score (nSPS) is 23.3. The third-order valence-corrected chi connectivity index (χ3v) is 14.0. The van der Waals surface area contributed by atoms with Crippen LogP contribution in [0.5, 0.6) is 5.75 Å². The second kappa shape index (κ2) is 21.1. The lowest BCUT2D eigenvalue weighted by Crippen LogP contribution is -2.55. The highest BCUT2D eigenvalue weighted by atomic mass is 35.5. The SMILES string of the molecule is Cc1nc([C@@H]2O[C@H](CO)[C@H](O)[C@H](n3cc(-c4cc(F)c(Cl)c(F)c4)nn3)[C@H]2OCC(=O)NC2CC(Oc3ccc(C(=O)Nc4ccc5c(c4)C(=O)N(C4CCC(=O)NC4=O)C5)nc3)C2)n(-c2cc(Cl)ccc2C(F)(F)F)n1. The summed E-state index contributed by atoms with van der Waals surface area (Å²) in [6, 6.07) is 9.64. The molecule has 1 unspecified atom stereocenters. The Morgan fingerprint density at radius 1 is 1.01 bits per heavy atom. The van der Waals surface area contributed by atoms with Gasteiger partial charge < -0.3 is 40.0 Å². The molecule has 3 fully saturated rings. The number of piperidine rings is 1. The molecule has 0 spiro atoms. The van der Waals surface area contributed by atoms with Crippen LogP contribution in [-0.2, 0) is 36.6 Å². The van der Waals surface area contributed by atoms with Crippen LogP contribution in [-0.4, -0.2) is 129 Å². The number of carbonyl (C=O) groups is 5. The van der Waals surface area contributed by atoms with Gasteiger partial charge in [0.2, 0.25) is 17.7 Å². The number of pyridine rings is 1. The second-order valence-corrected chi connectivity index (χ2v) is 19.4. The first kappa shape index (κ1) is 52.9. The highest BCUT2D eigenvalue weighted by Gasteiger charge is 2.51. The smallest absolute Gasteiger partial charge is 0.418 e. The number of anilines is 1. The standard InChI is InChI=1S/C49H42Cl2F5N11O10/c1-21-58-45(67(63-21)36-12-24(50)3-6-30(36)49(54,55)56)44-43(41(42(71)37(19-68)77-44)66-18-34(62-64-66)23-10-31(52)40(51)32(53)11-23)75-20-39(70)59-26-13-28(14-26)76-27-5-7-33(57-16-27)46(72)60-25-4-2-22-17-65(48(74)29(22)15-25)35-8-9-38(69)61-47(35)73/h2-7,10-12,15-16,18,26,28,35,37,41-44,68,71H,8-9,13-14,17,19-20H2,1H3,(H,59,70)(H,60,72)(H,61,69,73)/t26?,28?,35?,37-,41+,42+,43-,44-/m1/s1. The van der Waals surface area contributed by atoms with Gasteiger partial charge in [-0.15, -0.1) is 5.10 Å². The number of ether oxygens (including phenoxy) is 3. The third kappa shape index (κ3) is 10.8. The van der Waals surface area contributed by atoms with E-state index in [0.29, 0.717) is 35.4 Å². The van der Waals surface area contributed by atoms with Gasteiger partial charge in [-0.2, -0.15) is 18.3 Å². The molecule has 402 valence electrons. The molecule has 4 aliphatic rings. The van der Waals surface area contributed by atoms with E-state index in [0.717, 1.165) is 39.7 Å². The average molecular weight is 1110 g/mol. The van der Waals surface area contributed by atoms with E-state index in [1.165, 1.54) is 42.4 Å². The summed E-state index contributed by atoms with van der Waals surface area (Å²) >= 11 is 11.9. The third-order valence-electron chi connectivity index (χ3n) is 13.4. The van der Waals surface area contributed by atoms with E-state index >= 15 is 0 Å². The molecule has 0 radical (unpaired) electrons. The number of alkyl halides is 3. The van der Waals surface area contributed by atoms with E-state index in [4.69, 9.17) is 37.4 Å². The summed E-state index contributed by atoms with van der Waals surface area (Å²) in [5.41, 5.74) is -0.633. The molecule has 0 bridgehead atoms. The second-order valence-electron chi connectivity index (χ2n) is 18.5. The quantitative estimate of drug-likeness (QED) is 0.0546. The van der Waals surface area contributed by atoms with Gasteiger partial charge in [0.25, 0.3) is 11.8 Å². The number of fused-ring (bicyclic) bond motifs is 1. The molecule has 3 aromatic heterocycles. The largest absolute Gasteiger partial charge is 0.489 e. The zero-order valence-electron chi connectivity index (χ0n) is 39.9. The Morgan fingerprint density at radius 3 is 2.48 bits per heavy atom. The van der Waals surface area contributed by atoms with Gasteiger partial charge >= 0.3 is 6.18 Å². The number of benzene rings is 3. The fourth-order valence-corrected chi connectivity index (χ4v) is 9.86. The van der Waals surface area contributed by atoms with Gasteiger partial charge in [0.05, 0.1) is 30.3 Å². The number of carbonyl (C=O) groups excluding carboxylic acids is 5. The van der Waals surface area contributed by atoms with E-state index in [1.54, 1.807) is 12.1 Å². The van der Waals surface area contributed by atoms with Crippen molar-refractivity contribution in [3.05, 3.63) is 129 Å². The number of hydrogen-bond acceptors (Lipinski definition) is 15. The van der Waals surface area contributed by atoms with E-state index in [2.05, 4.69) is 41.3 Å². The Kier molecular flexibility index (Phi) is 14.5. The first-order valence-electron chi connectivity index (χ1n) is 23.7. The van der Waals surface area contributed by atoms with Gasteiger partial charge in [-0.3, -0.25) is 29.3 Å². The van der Waals surface area contributed by atoms with Crippen LogP contribution in [0, 0.1) is 18.6 Å². The summed E-state index contributed by atoms with van der Waals surface area (Å²) in [6.07, 6.45) is -8.27. The van der Waals surface area contributed by atoms with Crippen molar-refractivity contribution in [2.45, 2.75) is 94.0 Å². The molecule has 6 atom stereocenters. The molecule has 10 rings (SSSR count). The van der Waals surface area contributed by atoms with Crippen molar-refractivity contribution in [3.8, 4) is 22.7 Å². The fourth-order valence-electron chi connectivity index (χ4n) is 9.59. The number of nitrogens with zero attached hydrogens (tertiary/aromatic N) is 8. The van der Waals surface area contributed by atoms with Crippen molar-refractivity contribution in [2.75, 3.05) is 18.5 Å². The number of aliphatic hydroxyl groups is 2. The van der Waals surface area contributed by atoms with Gasteiger partial charge in [-0.05, 0) is 73.5 Å². The summed E-state index contributed by atoms with van der Waals surface area (Å²) in [6.45, 7) is -0.0382. The molecule has 28 heteroatoms. The van der Waals surface area contributed by atoms with Gasteiger partial charge in [0.1, 0.15) is 88.8 Å². The zero-order chi connectivity index (χ0) is 54.6. The zero-order valence-corrected chi connectivity index (χ0v) is 41.4. The highest BCUT2D eigenvalue weighted by molar-refractivity contribution is 6.31. The number of amides is 5. The summed E-state index contributed by atoms with van der Waals surface area (Å²) in [5.74, 6) is -4.86. The first-order valence-corrected chi connectivity index (χ1v) is 24.4. The minimum Gasteiger partial charge on any atom is -0.489 e. The number of nitrogens with one attached hydrogen (secondary N) is 3. The van der Waals surface area contributed by atoms with Crippen LogP contribution >= 0.6 is 23.2 Å². The van der Waals surface area contributed by atoms with Crippen molar-refractivity contribution < 1.29 is 70.3 Å². The molecule has 1 aliphatic carbocycles. The van der Waals surface area contributed by atoms with Crippen molar-refractivity contribution in [1.82, 2.24) is 50.3 Å². The van der Waals surface area contributed by atoms with Crippen LogP contribution in [0.4, 0.5) is 27.6 Å². The van der Waals surface area contributed by atoms with E-state index in [1.807, 2.05) is 0 Å². The minimum atomic E-state index is -4.92. The van der Waals surface area contributed by atoms with E-state index < -0.39 is 125 Å². The van der Waals surface area contributed by atoms with E-state index in [-0.39, 0.29) is 53.0 Å². The predicted molar refractivity (Wildman–Crippen MR) is 256 cm³/mol. The molecule has 77 heavy (non-hydrogen) atoms. The maximum atomic E-state index is 14.5. The van der Waals surface area contributed by atoms with Crippen LogP contribution in [0.3, 0.4) is 0 Å². The maximum absolute atomic E-state index is 14.5. The number of aromatic nitrogens is 7. The average Bonchev–Trinajstić information content (AvgIpc) is 4.19. The highest BCUT2D eigenvalue weighted by Crippen LogP contribution is 2.43. The molecule has 3 aromatic carbocycles. The first-order chi connectivity index (χ1) is 36.7. The number of rotatable bonds is 14. The fraction of sp³-hybridized carbons (Fsp3) is 0.347. The lowest BCUT2D eigenvalue weighted by molar-refractivity contribution is -0.223. The van der Waals surface area contributed by atoms with Crippen LogP contribution < -0.4 is 20.7 Å². The van der Waals surface area contributed by atoms with Crippen molar-refractivity contribution in [3.63, 3.8) is 0 Å². The molecular formula is C49H42Cl2F5N11O10. The Bertz CT molecular complexity index is 3300. The molecular weight excluding hydrogens is 1070 g/mol.